The first kappa shape index (κ1) is 6.47. The summed E-state index contributed by atoms with van der Waals surface area (Å²) in [6.45, 7) is 1.79. The molecule has 0 aliphatic rings. The van der Waals surface area contributed by atoms with Crippen molar-refractivity contribution in [2.75, 3.05) is 5.23 Å². The van der Waals surface area contributed by atoms with Gasteiger partial charge in [0.15, 0.2) is 5.00 Å². The molecule has 0 saturated heterocycles. The number of hydrogen-bond donors (Lipinski definition) is 2. The van der Waals surface area contributed by atoms with Crippen LogP contribution in [-0.4, -0.2) is 15.4 Å². The van der Waals surface area contributed by atoms with Gasteiger partial charge >= 0.3 is 0 Å². The van der Waals surface area contributed by atoms with Crippen LogP contribution in [0, 0.1) is 6.92 Å². The second-order valence-corrected chi connectivity index (χ2v) is 2.72. The van der Waals surface area contributed by atoms with E-state index in [-0.39, 0.29) is 5.23 Å². The lowest BCUT2D eigenvalue weighted by Crippen LogP contribution is -2.08. The van der Waals surface area contributed by atoms with Crippen LogP contribution in [0.25, 0.3) is 0 Å². The number of aryl methyl sites for hydroxylation is 1. The molecule has 1 heterocycles. The zero-order valence-corrected chi connectivity index (χ0v) is 5.59. The third-order valence-corrected chi connectivity index (χ3v) is 1.68. The maximum absolute atomic E-state index is 8.40. The van der Waals surface area contributed by atoms with Gasteiger partial charge in [-0.15, -0.1) is 5.23 Å². The molecular weight excluding hydrogens is 140 g/mol. The number of thiazole rings is 1. The molecule has 5 heteroatoms. The Morgan fingerprint density at radius 2 is 2.33 bits per heavy atom. The number of nitrogens with zero attached hydrogens (tertiary/aromatic N) is 2. The monoisotopic (exact) mass is 146 g/mol. The highest BCUT2D eigenvalue weighted by Gasteiger charge is 2.00. The van der Waals surface area contributed by atoms with E-state index >= 15 is 0 Å². The van der Waals surface area contributed by atoms with E-state index in [1.807, 2.05) is 0 Å². The van der Waals surface area contributed by atoms with E-state index in [1.165, 1.54) is 17.5 Å². The molecule has 0 aliphatic heterocycles. The Kier molecular flexibility index (Phi) is 1.65. The number of hydrogen-bond acceptors (Lipinski definition) is 5. The van der Waals surface area contributed by atoms with E-state index in [4.69, 9.17) is 10.4 Å². The first-order valence-corrected chi connectivity index (χ1v) is 3.12. The largest absolute Gasteiger partial charge is 0.263 e. The minimum Gasteiger partial charge on any atom is -0.263 e. The maximum Gasteiger partial charge on any atom is 0.167 e. The zero-order valence-electron chi connectivity index (χ0n) is 4.77. The second-order valence-electron chi connectivity index (χ2n) is 1.51. The molecule has 1 aromatic rings. The van der Waals surface area contributed by atoms with E-state index < -0.39 is 0 Å². The molecule has 0 amide bonds. The SMILES string of the molecule is Cc1ncc(N(O)O)s1. The smallest absolute Gasteiger partial charge is 0.167 e. The predicted octanol–water partition coefficient (Wildman–Crippen LogP) is 1.04. The van der Waals surface area contributed by atoms with Crippen LogP contribution in [0.15, 0.2) is 6.20 Å². The third kappa shape index (κ3) is 1.38. The second kappa shape index (κ2) is 2.30. The highest BCUT2D eigenvalue weighted by atomic mass is 32.1. The van der Waals surface area contributed by atoms with Crippen LogP contribution in [0.5, 0.6) is 0 Å². The van der Waals surface area contributed by atoms with Crippen LogP contribution in [-0.2, 0) is 0 Å². The fraction of sp³-hybridized carbons (Fsp3) is 0.250. The summed E-state index contributed by atoms with van der Waals surface area (Å²) in [6.07, 6.45) is 1.39. The van der Waals surface area contributed by atoms with Crippen LogP contribution in [0.2, 0.25) is 0 Å². The van der Waals surface area contributed by atoms with Gasteiger partial charge in [0.2, 0.25) is 0 Å². The Balaban J connectivity index is 2.85. The normalized spacial score (nSPS) is 9.67. The van der Waals surface area contributed by atoms with Crippen molar-refractivity contribution < 1.29 is 10.4 Å². The molecule has 0 unspecified atom stereocenters. The minimum atomic E-state index is 0.0602. The zero-order chi connectivity index (χ0) is 6.85. The average molecular weight is 146 g/mol. The summed E-state index contributed by atoms with van der Waals surface area (Å²) in [5.74, 6) is 0. The fourth-order valence-corrected chi connectivity index (χ4v) is 1.04. The summed E-state index contributed by atoms with van der Waals surface area (Å²) < 4.78 is 0. The van der Waals surface area contributed by atoms with Gasteiger partial charge in [-0.3, -0.25) is 10.4 Å². The molecule has 4 nitrogen and oxygen atoms in total. The van der Waals surface area contributed by atoms with Crippen LogP contribution in [0.1, 0.15) is 5.01 Å². The Morgan fingerprint density at radius 3 is 2.56 bits per heavy atom. The van der Waals surface area contributed by atoms with Crippen molar-refractivity contribution in [2.45, 2.75) is 6.92 Å². The molecular formula is C4H6N2O2S. The van der Waals surface area contributed by atoms with Crippen molar-refractivity contribution in [1.82, 2.24) is 4.98 Å². The summed E-state index contributed by atoms with van der Waals surface area (Å²) >= 11 is 1.21. The van der Waals surface area contributed by atoms with Gasteiger partial charge < -0.3 is 0 Å². The standard InChI is InChI=1S/C4H6N2O2S/c1-3-5-2-4(9-3)6(7)8/h2,7-8H,1H3. The van der Waals surface area contributed by atoms with Crippen molar-refractivity contribution in [3.8, 4) is 0 Å². The van der Waals surface area contributed by atoms with E-state index in [0.717, 1.165) is 5.01 Å². The summed E-state index contributed by atoms with van der Waals surface area (Å²) in [6, 6.07) is 0. The molecule has 0 radical (unpaired) electrons. The van der Waals surface area contributed by atoms with E-state index in [9.17, 15) is 0 Å². The Morgan fingerprint density at radius 1 is 1.67 bits per heavy atom. The van der Waals surface area contributed by atoms with Crippen LogP contribution in [0.4, 0.5) is 5.00 Å². The van der Waals surface area contributed by atoms with Crippen LogP contribution >= 0.6 is 11.3 Å². The molecule has 1 rings (SSSR count). The summed E-state index contributed by atoms with van der Waals surface area (Å²) in [7, 11) is 0. The quantitative estimate of drug-likeness (QED) is 0.581. The summed E-state index contributed by atoms with van der Waals surface area (Å²) in [5.41, 5.74) is 0. The average Bonchev–Trinajstić information content (AvgIpc) is 2.14. The van der Waals surface area contributed by atoms with Gasteiger partial charge in [-0.1, -0.05) is 11.3 Å². The number of aromatic nitrogens is 1. The Hall–Kier alpha value is -0.650. The van der Waals surface area contributed by atoms with Crippen molar-refractivity contribution in [1.29, 1.82) is 0 Å². The van der Waals surface area contributed by atoms with Crippen LogP contribution in [0.3, 0.4) is 0 Å². The molecule has 1 aromatic heterocycles. The molecule has 0 saturated carbocycles. The van der Waals surface area contributed by atoms with Crippen molar-refractivity contribution in [3.63, 3.8) is 0 Å². The van der Waals surface area contributed by atoms with Gasteiger partial charge in [-0.25, -0.2) is 4.98 Å². The first-order valence-electron chi connectivity index (χ1n) is 2.30. The highest BCUT2D eigenvalue weighted by molar-refractivity contribution is 7.15. The first-order chi connectivity index (χ1) is 4.20. The molecule has 50 valence electrons. The van der Waals surface area contributed by atoms with Gasteiger partial charge in [-0.05, 0) is 6.92 Å². The lowest BCUT2D eigenvalue weighted by Gasteiger charge is -2.00. The molecule has 2 N–H and O–H groups in total. The van der Waals surface area contributed by atoms with E-state index in [1.54, 1.807) is 6.92 Å². The molecule has 9 heavy (non-hydrogen) atoms. The van der Waals surface area contributed by atoms with Crippen molar-refractivity contribution >= 4 is 16.3 Å². The van der Waals surface area contributed by atoms with Crippen LogP contribution < -0.4 is 5.23 Å². The van der Waals surface area contributed by atoms with Gasteiger partial charge in [0, 0.05) is 0 Å². The van der Waals surface area contributed by atoms with Crippen molar-refractivity contribution in [3.05, 3.63) is 11.2 Å². The fourth-order valence-electron chi connectivity index (χ4n) is 0.443. The van der Waals surface area contributed by atoms with E-state index in [2.05, 4.69) is 4.98 Å². The molecule has 0 spiro atoms. The number of anilines is 1. The summed E-state index contributed by atoms with van der Waals surface area (Å²) in [5, 5.41) is 18.0. The van der Waals surface area contributed by atoms with E-state index in [0.29, 0.717) is 5.00 Å². The number of rotatable bonds is 1. The Bertz CT molecular complexity index is 198. The predicted molar refractivity (Wildman–Crippen MR) is 32.9 cm³/mol. The Labute approximate surface area is 55.9 Å². The van der Waals surface area contributed by atoms with Gasteiger partial charge in [0.25, 0.3) is 0 Å². The lowest BCUT2D eigenvalue weighted by atomic mass is 10.8. The molecule has 0 aliphatic carbocycles. The lowest BCUT2D eigenvalue weighted by molar-refractivity contribution is 0.0311. The summed E-state index contributed by atoms with van der Waals surface area (Å²) in [4.78, 5) is 3.79. The highest BCUT2D eigenvalue weighted by Crippen LogP contribution is 2.19. The van der Waals surface area contributed by atoms with Crippen molar-refractivity contribution in [2.24, 2.45) is 0 Å². The molecule has 0 bridgehead atoms. The van der Waals surface area contributed by atoms with Gasteiger partial charge in [0.05, 0.1) is 11.2 Å². The minimum absolute atomic E-state index is 0.0602. The van der Waals surface area contributed by atoms with Gasteiger partial charge in [-0.2, -0.15) is 0 Å². The third-order valence-electron chi connectivity index (χ3n) is 0.806. The van der Waals surface area contributed by atoms with Gasteiger partial charge in [0.1, 0.15) is 0 Å². The molecule has 0 aromatic carbocycles. The molecule has 0 atom stereocenters. The maximum atomic E-state index is 8.40. The topological polar surface area (TPSA) is 56.6 Å². The molecule has 0 fully saturated rings.